The van der Waals surface area contributed by atoms with E-state index < -0.39 is 0 Å². The molecule has 0 saturated heterocycles. The van der Waals surface area contributed by atoms with Crippen molar-refractivity contribution in [1.82, 2.24) is 10.2 Å². The fraction of sp³-hybridized carbons (Fsp3) is 0.481. The van der Waals surface area contributed by atoms with Crippen LogP contribution in [0.4, 0.5) is 11.7 Å². The van der Waals surface area contributed by atoms with Crippen molar-refractivity contribution in [3.63, 3.8) is 0 Å². The van der Waals surface area contributed by atoms with Gasteiger partial charge in [0, 0.05) is 18.2 Å². The molecule has 0 aliphatic heterocycles. The molecule has 1 aromatic heterocycles. The van der Waals surface area contributed by atoms with E-state index in [-0.39, 0.29) is 5.41 Å². The molecule has 32 heavy (non-hydrogen) atoms. The van der Waals surface area contributed by atoms with Crippen LogP contribution in [0, 0.1) is 5.41 Å². The van der Waals surface area contributed by atoms with Gasteiger partial charge in [0.25, 0.3) is 0 Å². The van der Waals surface area contributed by atoms with Crippen LogP contribution in [-0.4, -0.2) is 21.9 Å². The summed E-state index contributed by atoms with van der Waals surface area (Å²) in [6.07, 6.45) is 9.23. The van der Waals surface area contributed by atoms with Crippen molar-refractivity contribution in [2.24, 2.45) is 5.41 Å². The van der Waals surface area contributed by atoms with Gasteiger partial charge in [-0.3, -0.25) is 0 Å². The van der Waals surface area contributed by atoms with Gasteiger partial charge in [0.2, 0.25) is 5.89 Å². The van der Waals surface area contributed by atoms with Crippen molar-refractivity contribution in [2.75, 3.05) is 11.9 Å². The predicted octanol–water partition coefficient (Wildman–Crippen LogP) is 6.79. The molecule has 0 atom stereocenters. The first-order valence-corrected chi connectivity index (χ1v) is 12.1. The standard InChI is InChI=1S/C27H33N3O2/c1-2-27(18-31)16-14-22(15-17-27)20-8-6-19(7-9-20)21-10-12-24(13-11-21)28-26-30-29-25(32-26)23-4-3-5-23/h6-13,22-23,31H,2-5,14-18H2,1H3,(H,28,30). The molecule has 0 unspecified atom stereocenters. The van der Waals surface area contributed by atoms with Crippen molar-refractivity contribution in [3.8, 4) is 11.1 Å². The van der Waals surface area contributed by atoms with Crippen LogP contribution in [-0.2, 0) is 0 Å². The van der Waals surface area contributed by atoms with Gasteiger partial charge < -0.3 is 14.8 Å². The monoisotopic (exact) mass is 431 g/mol. The molecule has 0 radical (unpaired) electrons. The van der Waals surface area contributed by atoms with Gasteiger partial charge in [0.15, 0.2) is 0 Å². The highest BCUT2D eigenvalue weighted by atomic mass is 16.4. The highest BCUT2D eigenvalue weighted by Crippen LogP contribution is 2.45. The average molecular weight is 432 g/mol. The fourth-order valence-electron chi connectivity index (χ4n) is 5.11. The number of hydrogen-bond donors (Lipinski definition) is 2. The Balaban J connectivity index is 1.20. The van der Waals surface area contributed by atoms with Crippen molar-refractivity contribution < 1.29 is 9.52 Å². The van der Waals surface area contributed by atoms with Crippen LogP contribution >= 0.6 is 0 Å². The zero-order chi connectivity index (χ0) is 22.0. The second kappa shape index (κ2) is 9.07. The van der Waals surface area contributed by atoms with Crippen molar-refractivity contribution >= 4 is 11.7 Å². The first kappa shape index (κ1) is 21.2. The minimum Gasteiger partial charge on any atom is -0.408 e. The van der Waals surface area contributed by atoms with Crippen LogP contribution in [0.15, 0.2) is 52.9 Å². The second-order valence-corrected chi connectivity index (χ2v) is 9.68. The topological polar surface area (TPSA) is 71.2 Å². The van der Waals surface area contributed by atoms with Gasteiger partial charge >= 0.3 is 6.01 Å². The molecule has 0 spiro atoms. The second-order valence-electron chi connectivity index (χ2n) is 9.68. The third kappa shape index (κ3) is 4.31. The molecule has 0 amide bonds. The number of benzene rings is 2. The Labute approximate surface area is 190 Å². The number of aliphatic hydroxyl groups excluding tert-OH is 1. The van der Waals surface area contributed by atoms with E-state index in [2.05, 4.69) is 71.0 Å². The van der Waals surface area contributed by atoms with Crippen LogP contribution in [0.2, 0.25) is 0 Å². The molecule has 1 heterocycles. The Kier molecular flexibility index (Phi) is 6.01. The number of hydrogen-bond acceptors (Lipinski definition) is 5. The maximum atomic E-state index is 9.78. The fourth-order valence-corrected chi connectivity index (χ4v) is 5.11. The van der Waals surface area contributed by atoms with Gasteiger partial charge in [-0.15, -0.1) is 5.10 Å². The summed E-state index contributed by atoms with van der Waals surface area (Å²) in [7, 11) is 0. The third-order valence-electron chi connectivity index (χ3n) is 7.88. The highest BCUT2D eigenvalue weighted by molar-refractivity contribution is 5.67. The SMILES string of the molecule is CCC1(CO)CCC(c2ccc(-c3ccc(Nc4nnc(C5CCC5)o4)cc3)cc2)CC1. The van der Waals surface area contributed by atoms with Gasteiger partial charge in [-0.2, -0.15) is 0 Å². The highest BCUT2D eigenvalue weighted by Gasteiger charge is 2.33. The van der Waals surface area contributed by atoms with Crippen molar-refractivity contribution in [3.05, 3.63) is 60.0 Å². The summed E-state index contributed by atoms with van der Waals surface area (Å²) in [6.45, 7) is 2.54. The molecule has 5 heteroatoms. The van der Waals surface area contributed by atoms with Crippen LogP contribution < -0.4 is 5.32 Å². The Bertz CT molecular complexity index is 1010. The molecular weight excluding hydrogens is 398 g/mol. The molecule has 3 aromatic rings. The number of nitrogens with one attached hydrogen (secondary N) is 1. The third-order valence-corrected chi connectivity index (χ3v) is 7.88. The summed E-state index contributed by atoms with van der Waals surface area (Å²) in [5.74, 6) is 1.81. The van der Waals surface area contributed by atoms with Crippen LogP contribution in [0.3, 0.4) is 0 Å². The molecule has 2 aliphatic carbocycles. The molecule has 5 nitrogen and oxygen atoms in total. The smallest absolute Gasteiger partial charge is 0.320 e. The minimum absolute atomic E-state index is 0.159. The van der Waals surface area contributed by atoms with Crippen molar-refractivity contribution in [2.45, 2.75) is 70.1 Å². The molecule has 2 saturated carbocycles. The molecule has 2 aliphatic rings. The van der Waals surface area contributed by atoms with Crippen LogP contribution in [0.1, 0.15) is 81.6 Å². The van der Waals surface area contributed by atoms with E-state index in [9.17, 15) is 5.11 Å². The lowest BCUT2D eigenvalue weighted by molar-refractivity contribution is 0.0719. The summed E-state index contributed by atoms with van der Waals surface area (Å²) in [5.41, 5.74) is 4.94. The van der Waals surface area contributed by atoms with E-state index in [0.29, 0.717) is 24.5 Å². The molecule has 0 bridgehead atoms. The molecule has 2 N–H and O–H groups in total. The van der Waals surface area contributed by atoms with Crippen LogP contribution in [0.5, 0.6) is 0 Å². The Hall–Kier alpha value is -2.66. The van der Waals surface area contributed by atoms with E-state index in [0.717, 1.165) is 43.7 Å². The lowest BCUT2D eigenvalue weighted by Gasteiger charge is -2.38. The van der Waals surface area contributed by atoms with E-state index in [1.807, 2.05) is 0 Å². The molecule has 2 fully saturated rings. The predicted molar refractivity (Wildman–Crippen MR) is 127 cm³/mol. The maximum absolute atomic E-state index is 9.78. The average Bonchev–Trinajstić information content (AvgIpc) is 3.26. The summed E-state index contributed by atoms with van der Waals surface area (Å²) in [4.78, 5) is 0. The van der Waals surface area contributed by atoms with Gasteiger partial charge in [-0.1, -0.05) is 54.8 Å². The van der Waals surface area contributed by atoms with Gasteiger partial charge in [0.05, 0.1) is 0 Å². The summed E-state index contributed by atoms with van der Waals surface area (Å²) < 4.78 is 5.76. The summed E-state index contributed by atoms with van der Waals surface area (Å²) >= 11 is 0. The summed E-state index contributed by atoms with van der Waals surface area (Å²) in [5, 5.41) is 21.3. The molecule has 2 aromatic carbocycles. The van der Waals surface area contributed by atoms with Crippen molar-refractivity contribution in [1.29, 1.82) is 0 Å². The number of nitrogens with zero attached hydrogens (tertiary/aromatic N) is 2. The lowest BCUT2D eigenvalue weighted by atomic mass is 9.68. The first-order valence-electron chi connectivity index (χ1n) is 12.1. The van der Waals surface area contributed by atoms with E-state index in [1.165, 1.54) is 36.0 Å². The van der Waals surface area contributed by atoms with Gasteiger partial charge in [0.1, 0.15) is 0 Å². The van der Waals surface area contributed by atoms with Gasteiger partial charge in [-0.05, 0) is 85.1 Å². The minimum atomic E-state index is 0.159. The Morgan fingerprint density at radius 2 is 1.56 bits per heavy atom. The zero-order valence-electron chi connectivity index (χ0n) is 18.9. The maximum Gasteiger partial charge on any atom is 0.320 e. The molecular formula is C27H33N3O2. The zero-order valence-corrected chi connectivity index (χ0v) is 18.9. The number of aliphatic hydroxyl groups is 1. The quantitative estimate of drug-likeness (QED) is 0.431. The lowest BCUT2D eigenvalue weighted by Crippen LogP contribution is -2.29. The largest absolute Gasteiger partial charge is 0.408 e. The molecule has 168 valence electrons. The number of anilines is 2. The molecule has 5 rings (SSSR count). The summed E-state index contributed by atoms with van der Waals surface area (Å²) in [6, 6.07) is 17.8. The van der Waals surface area contributed by atoms with E-state index in [4.69, 9.17) is 4.42 Å². The van der Waals surface area contributed by atoms with E-state index >= 15 is 0 Å². The normalized spacial score (nSPS) is 23.6. The number of rotatable bonds is 7. The Morgan fingerprint density at radius 3 is 2.12 bits per heavy atom. The first-order chi connectivity index (χ1) is 15.7. The van der Waals surface area contributed by atoms with Gasteiger partial charge in [-0.25, -0.2) is 0 Å². The Morgan fingerprint density at radius 1 is 0.906 bits per heavy atom. The number of aromatic nitrogens is 2. The van der Waals surface area contributed by atoms with E-state index in [1.54, 1.807) is 0 Å². The van der Waals surface area contributed by atoms with Crippen LogP contribution in [0.25, 0.3) is 11.1 Å².